The third-order valence-corrected chi connectivity index (χ3v) is 2.73. The van der Waals surface area contributed by atoms with Crippen molar-refractivity contribution in [3.63, 3.8) is 0 Å². The van der Waals surface area contributed by atoms with E-state index in [0.29, 0.717) is 5.92 Å². The largest absolute Gasteiger partial charge is 0.468 e. The van der Waals surface area contributed by atoms with Crippen LogP contribution in [-0.2, 0) is 6.54 Å². The van der Waals surface area contributed by atoms with Gasteiger partial charge >= 0.3 is 0 Å². The molecule has 0 aromatic carbocycles. The highest BCUT2D eigenvalue weighted by Gasteiger charge is 2.13. The molecule has 0 radical (unpaired) electrons. The molecule has 0 aliphatic carbocycles. The van der Waals surface area contributed by atoms with Gasteiger partial charge in [0.2, 0.25) is 0 Å². The lowest BCUT2D eigenvalue weighted by atomic mass is 10.1. The molecule has 0 saturated carbocycles. The molecule has 2 N–H and O–H groups in total. The summed E-state index contributed by atoms with van der Waals surface area (Å²) in [5, 5.41) is 0. The molecule has 0 spiro atoms. The van der Waals surface area contributed by atoms with Crippen LogP contribution in [0.1, 0.15) is 26.5 Å². The fourth-order valence-corrected chi connectivity index (χ4v) is 1.44. The predicted molar refractivity (Wildman–Crippen MR) is 62.5 cm³/mol. The van der Waals surface area contributed by atoms with Gasteiger partial charge in [0, 0.05) is 12.6 Å². The molecule has 1 rings (SSSR count). The first-order valence-electron chi connectivity index (χ1n) is 5.63. The molecule has 0 fully saturated rings. The van der Waals surface area contributed by atoms with Crippen LogP contribution >= 0.6 is 0 Å². The van der Waals surface area contributed by atoms with Crippen LogP contribution in [0.3, 0.4) is 0 Å². The maximum atomic E-state index is 6.05. The molecule has 1 heterocycles. The standard InChI is InChI=1S/C12H22N2O/c1-4-14(9-12(13)10(2)3)8-11-6-5-7-15-11/h5-7,10,12H,4,8-9,13H2,1-3H3. The molecule has 86 valence electrons. The van der Waals surface area contributed by atoms with Crippen molar-refractivity contribution in [2.45, 2.75) is 33.4 Å². The highest BCUT2D eigenvalue weighted by Crippen LogP contribution is 2.07. The highest BCUT2D eigenvalue weighted by atomic mass is 16.3. The van der Waals surface area contributed by atoms with E-state index in [4.69, 9.17) is 10.2 Å². The summed E-state index contributed by atoms with van der Waals surface area (Å²) in [6.45, 7) is 9.24. The zero-order valence-corrected chi connectivity index (χ0v) is 9.94. The molecular formula is C12H22N2O. The monoisotopic (exact) mass is 210 g/mol. The molecule has 0 aliphatic heterocycles. The average molecular weight is 210 g/mol. The van der Waals surface area contributed by atoms with E-state index in [-0.39, 0.29) is 6.04 Å². The van der Waals surface area contributed by atoms with Gasteiger partial charge in [-0.2, -0.15) is 0 Å². The van der Waals surface area contributed by atoms with E-state index in [9.17, 15) is 0 Å². The number of furan rings is 1. The van der Waals surface area contributed by atoms with E-state index in [1.54, 1.807) is 6.26 Å². The molecule has 1 aromatic rings. The van der Waals surface area contributed by atoms with Crippen molar-refractivity contribution in [1.82, 2.24) is 4.90 Å². The maximum absolute atomic E-state index is 6.05. The third-order valence-electron chi connectivity index (χ3n) is 2.73. The van der Waals surface area contributed by atoms with Gasteiger partial charge in [-0.05, 0) is 24.6 Å². The molecule has 0 amide bonds. The molecule has 1 unspecified atom stereocenters. The number of likely N-dealkylation sites (N-methyl/N-ethyl adjacent to an activating group) is 1. The summed E-state index contributed by atoms with van der Waals surface area (Å²) in [5.74, 6) is 1.53. The second-order valence-electron chi connectivity index (χ2n) is 4.31. The van der Waals surface area contributed by atoms with Gasteiger partial charge in [0.25, 0.3) is 0 Å². The molecule has 3 heteroatoms. The topological polar surface area (TPSA) is 42.4 Å². The molecule has 0 bridgehead atoms. The van der Waals surface area contributed by atoms with Crippen LogP contribution < -0.4 is 5.73 Å². The Balaban J connectivity index is 2.42. The smallest absolute Gasteiger partial charge is 0.117 e. The Morgan fingerprint density at radius 2 is 2.20 bits per heavy atom. The second-order valence-corrected chi connectivity index (χ2v) is 4.31. The molecule has 1 aromatic heterocycles. The van der Waals surface area contributed by atoms with Crippen molar-refractivity contribution >= 4 is 0 Å². The van der Waals surface area contributed by atoms with Gasteiger partial charge < -0.3 is 10.2 Å². The van der Waals surface area contributed by atoms with Crippen molar-refractivity contribution < 1.29 is 4.42 Å². The fourth-order valence-electron chi connectivity index (χ4n) is 1.44. The van der Waals surface area contributed by atoms with E-state index < -0.39 is 0 Å². The molecular weight excluding hydrogens is 188 g/mol. The van der Waals surface area contributed by atoms with E-state index in [2.05, 4.69) is 25.7 Å². The zero-order valence-electron chi connectivity index (χ0n) is 9.94. The zero-order chi connectivity index (χ0) is 11.3. The van der Waals surface area contributed by atoms with Crippen LogP contribution in [0.25, 0.3) is 0 Å². The quantitative estimate of drug-likeness (QED) is 0.781. The first kappa shape index (κ1) is 12.3. The summed E-state index contributed by atoms with van der Waals surface area (Å²) in [7, 11) is 0. The Morgan fingerprint density at radius 3 is 2.67 bits per heavy atom. The number of rotatable bonds is 6. The van der Waals surface area contributed by atoms with Gasteiger partial charge in [-0.1, -0.05) is 20.8 Å². The average Bonchev–Trinajstić information content (AvgIpc) is 2.69. The van der Waals surface area contributed by atoms with Crippen molar-refractivity contribution in [3.8, 4) is 0 Å². The highest BCUT2D eigenvalue weighted by molar-refractivity contribution is 4.97. The normalized spacial score (nSPS) is 13.7. The minimum absolute atomic E-state index is 0.236. The van der Waals surface area contributed by atoms with Crippen LogP contribution in [0.5, 0.6) is 0 Å². The number of nitrogens with two attached hydrogens (primary N) is 1. The fraction of sp³-hybridized carbons (Fsp3) is 0.667. The SMILES string of the molecule is CCN(Cc1ccco1)CC(N)C(C)C. The summed E-state index contributed by atoms with van der Waals surface area (Å²) >= 11 is 0. The Kier molecular flexibility index (Phi) is 4.85. The third kappa shape index (κ3) is 4.06. The Hall–Kier alpha value is -0.800. The van der Waals surface area contributed by atoms with E-state index in [1.165, 1.54) is 0 Å². The van der Waals surface area contributed by atoms with Crippen LogP contribution in [0.15, 0.2) is 22.8 Å². The predicted octanol–water partition coefficient (Wildman–Crippen LogP) is 2.08. The van der Waals surface area contributed by atoms with Gasteiger partial charge in [-0.25, -0.2) is 0 Å². The lowest BCUT2D eigenvalue weighted by Crippen LogP contribution is -2.40. The van der Waals surface area contributed by atoms with Gasteiger partial charge in [0.05, 0.1) is 12.8 Å². The first-order chi connectivity index (χ1) is 7.13. The lowest BCUT2D eigenvalue weighted by molar-refractivity contribution is 0.224. The summed E-state index contributed by atoms with van der Waals surface area (Å²) in [5.41, 5.74) is 6.05. The van der Waals surface area contributed by atoms with Gasteiger partial charge in [-0.15, -0.1) is 0 Å². The lowest BCUT2D eigenvalue weighted by Gasteiger charge is -2.25. The van der Waals surface area contributed by atoms with Crippen molar-refractivity contribution in [1.29, 1.82) is 0 Å². The van der Waals surface area contributed by atoms with Crippen LogP contribution in [0.2, 0.25) is 0 Å². The van der Waals surface area contributed by atoms with Gasteiger partial charge in [0.15, 0.2) is 0 Å². The Bertz CT molecular complexity index is 257. The Morgan fingerprint density at radius 1 is 1.47 bits per heavy atom. The summed E-state index contributed by atoms with van der Waals surface area (Å²) in [6, 6.07) is 4.16. The molecule has 15 heavy (non-hydrogen) atoms. The molecule has 0 saturated heterocycles. The Labute approximate surface area is 92.2 Å². The van der Waals surface area contributed by atoms with E-state index in [0.717, 1.165) is 25.4 Å². The van der Waals surface area contributed by atoms with Crippen molar-refractivity contribution in [2.75, 3.05) is 13.1 Å². The summed E-state index contributed by atoms with van der Waals surface area (Å²) in [4.78, 5) is 2.31. The minimum Gasteiger partial charge on any atom is -0.468 e. The minimum atomic E-state index is 0.236. The van der Waals surface area contributed by atoms with Gasteiger partial charge in [-0.3, -0.25) is 4.90 Å². The number of nitrogens with zero attached hydrogens (tertiary/aromatic N) is 1. The molecule has 0 aliphatic rings. The molecule has 3 nitrogen and oxygen atoms in total. The van der Waals surface area contributed by atoms with Crippen LogP contribution in [0, 0.1) is 5.92 Å². The summed E-state index contributed by atoms with van der Waals surface area (Å²) < 4.78 is 5.33. The number of hydrogen-bond acceptors (Lipinski definition) is 3. The van der Waals surface area contributed by atoms with Crippen molar-refractivity contribution in [2.24, 2.45) is 11.7 Å². The van der Waals surface area contributed by atoms with E-state index >= 15 is 0 Å². The number of hydrogen-bond donors (Lipinski definition) is 1. The van der Waals surface area contributed by atoms with Crippen LogP contribution in [-0.4, -0.2) is 24.0 Å². The summed E-state index contributed by atoms with van der Waals surface area (Å²) in [6.07, 6.45) is 1.71. The van der Waals surface area contributed by atoms with E-state index in [1.807, 2.05) is 12.1 Å². The first-order valence-corrected chi connectivity index (χ1v) is 5.63. The van der Waals surface area contributed by atoms with Crippen LogP contribution in [0.4, 0.5) is 0 Å². The second kappa shape index (κ2) is 5.93. The van der Waals surface area contributed by atoms with Crippen molar-refractivity contribution in [3.05, 3.63) is 24.2 Å². The maximum Gasteiger partial charge on any atom is 0.117 e. The van der Waals surface area contributed by atoms with Gasteiger partial charge in [0.1, 0.15) is 5.76 Å². The molecule has 1 atom stereocenters.